The van der Waals surface area contributed by atoms with Gasteiger partial charge in [-0.3, -0.25) is 4.79 Å². The maximum absolute atomic E-state index is 12.7. The average Bonchev–Trinajstić information content (AvgIpc) is 3.04. The van der Waals surface area contributed by atoms with Gasteiger partial charge in [-0.15, -0.1) is 0 Å². The van der Waals surface area contributed by atoms with E-state index in [1.54, 1.807) is 24.7 Å². The van der Waals surface area contributed by atoms with Crippen molar-refractivity contribution in [3.8, 4) is 5.88 Å². The predicted molar refractivity (Wildman–Crippen MR) is 96.1 cm³/mol. The summed E-state index contributed by atoms with van der Waals surface area (Å²) in [4.78, 5) is 21.2. The van der Waals surface area contributed by atoms with E-state index in [4.69, 9.17) is 9.47 Å². The highest BCUT2D eigenvalue weighted by Crippen LogP contribution is 2.17. The van der Waals surface area contributed by atoms with Gasteiger partial charge in [-0.1, -0.05) is 6.07 Å². The highest BCUT2D eigenvalue weighted by Gasteiger charge is 2.29. The molecule has 0 bridgehead atoms. The van der Waals surface area contributed by atoms with Crippen molar-refractivity contribution in [3.63, 3.8) is 0 Å². The Kier molecular flexibility index (Phi) is 4.53. The van der Waals surface area contributed by atoms with Gasteiger partial charge in [0.15, 0.2) is 0 Å². The third-order valence-electron chi connectivity index (χ3n) is 4.52. The lowest BCUT2D eigenvalue weighted by molar-refractivity contribution is -0.0152. The predicted octanol–water partition coefficient (Wildman–Crippen LogP) is 1.93. The molecule has 3 heterocycles. The van der Waals surface area contributed by atoms with Crippen LogP contribution in [0.25, 0.3) is 11.0 Å². The maximum atomic E-state index is 12.7. The van der Waals surface area contributed by atoms with Gasteiger partial charge in [0.2, 0.25) is 5.88 Å². The number of carbonyl (C=O) groups is 1. The first kappa shape index (κ1) is 16.5. The van der Waals surface area contributed by atoms with Crippen molar-refractivity contribution < 1.29 is 14.3 Å². The van der Waals surface area contributed by atoms with Crippen LogP contribution in [-0.2, 0) is 11.8 Å². The summed E-state index contributed by atoms with van der Waals surface area (Å²) < 4.78 is 13.3. The van der Waals surface area contributed by atoms with E-state index in [1.807, 2.05) is 35.9 Å². The van der Waals surface area contributed by atoms with Gasteiger partial charge < -0.3 is 19.4 Å². The maximum Gasteiger partial charge on any atom is 0.251 e. The highest BCUT2D eigenvalue weighted by molar-refractivity contribution is 5.97. The fourth-order valence-corrected chi connectivity index (χ4v) is 3.09. The minimum Gasteiger partial charge on any atom is -0.470 e. The Balaban J connectivity index is 1.48. The Labute approximate surface area is 151 Å². The molecule has 0 radical (unpaired) electrons. The monoisotopic (exact) mass is 352 g/mol. The first-order chi connectivity index (χ1) is 12.7. The van der Waals surface area contributed by atoms with Gasteiger partial charge in [0.1, 0.15) is 6.10 Å². The van der Waals surface area contributed by atoms with Crippen LogP contribution in [0.4, 0.5) is 0 Å². The van der Waals surface area contributed by atoms with Crippen LogP contribution in [0, 0.1) is 0 Å². The number of aryl methyl sites for hydroxylation is 1. The lowest BCUT2D eigenvalue weighted by Crippen LogP contribution is -2.51. The first-order valence-electron chi connectivity index (χ1n) is 8.58. The summed E-state index contributed by atoms with van der Waals surface area (Å²) in [6.45, 7) is 1.01. The zero-order valence-electron chi connectivity index (χ0n) is 14.5. The second-order valence-electron chi connectivity index (χ2n) is 6.33. The van der Waals surface area contributed by atoms with Crippen LogP contribution >= 0.6 is 0 Å². The number of aromatic nitrogens is 3. The minimum atomic E-state index is -0.277. The molecule has 3 aromatic rings. The fourth-order valence-electron chi connectivity index (χ4n) is 3.09. The average molecular weight is 352 g/mol. The van der Waals surface area contributed by atoms with Gasteiger partial charge >= 0.3 is 0 Å². The number of ether oxygens (including phenoxy) is 2. The largest absolute Gasteiger partial charge is 0.470 e. The number of hydrogen-bond acceptors (Lipinski definition) is 5. The lowest BCUT2D eigenvalue weighted by Gasteiger charge is -2.32. The number of rotatable bonds is 4. The number of amides is 1. The standard InChI is InChI=1S/C19H20N4O3/c1-23-12-21-15-10-13(5-6-16(15)23)19(24)22-14-7-9-25-11-17(14)26-18-4-2-3-8-20-18/h2-6,8,10,12,14,17H,7,9,11H2,1H3,(H,22,24)/t14-,17-/m1/s1. The normalized spacial score (nSPS) is 20.0. The molecule has 7 heteroatoms. The molecule has 26 heavy (non-hydrogen) atoms. The summed E-state index contributed by atoms with van der Waals surface area (Å²) >= 11 is 0. The van der Waals surface area contributed by atoms with Crippen molar-refractivity contribution in [2.45, 2.75) is 18.6 Å². The van der Waals surface area contributed by atoms with E-state index in [2.05, 4.69) is 15.3 Å². The quantitative estimate of drug-likeness (QED) is 0.776. The summed E-state index contributed by atoms with van der Waals surface area (Å²) in [6, 6.07) is 10.9. The van der Waals surface area contributed by atoms with Crippen LogP contribution in [0.15, 0.2) is 48.9 Å². The van der Waals surface area contributed by atoms with Gasteiger partial charge in [0.25, 0.3) is 5.91 Å². The Morgan fingerprint density at radius 1 is 1.31 bits per heavy atom. The van der Waals surface area contributed by atoms with E-state index in [-0.39, 0.29) is 18.1 Å². The number of nitrogens with zero attached hydrogens (tertiary/aromatic N) is 3. The number of pyridine rings is 1. The zero-order valence-corrected chi connectivity index (χ0v) is 14.5. The van der Waals surface area contributed by atoms with Crippen molar-refractivity contribution >= 4 is 16.9 Å². The second-order valence-corrected chi connectivity index (χ2v) is 6.33. The molecule has 4 rings (SSSR count). The molecule has 1 saturated heterocycles. The molecule has 0 aliphatic carbocycles. The van der Waals surface area contributed by atoms with Gasteiger partial charge in [0.05, 0.1) is 30.0 Å². The topological polar surface area (TPSA) is 78.3 Å². The molecule has 0 saturated carbocycles. The number of hydrogen-bond donors (Lipinski definition) is 1. The van der Waals surface area contributed by atoms with Crippen LogP contribution in [-0.4, -0.2) is 45.8 Å². The molecule has 1 aliphatic rings. The van der Waals surface area contributed by atoms with Crippen LogP contribution in [0.1, 0.15) is 16.8 Å². The van der Waals surface area contributed by atoms with Gasteiger partial charge in [0, 0.05) is 31.5 Å². The Hall–Kier alpha value is -2.93. The molecular weight excluding hydrogens is 332 g/mol. The molecule has 1 fully saturated rings. The Bertz CT molecular complexity index is 910. The lowest BCUT2D eigenvalue weighted by atomic mass is 10.0. The molecule has 1 amide bonds. The summed E-state index contributed by atoms with van der Waals surface area (Å²) in [6.07, 6.45) is 3.83. The number of carbonyl (C=O) groups excluding carboxylic acids is 1. The van der Waals surface area contributed by atoms with Crippen molar-refractivity contribution in [2.75, 3.05) is 13.2 Å². The first-order valence-corrected chi connectivity index (χ1v) is 8.58. The molecule has 1 N–H and O–H groups in total. The smallest absolute Gasteiger partial charge is 0.251 e. The number of fused-ring (bicyclic) bond motifs is 1. The number of benzene rings is 1. The van der Waals surface area contributed by atoms with Gasteiger partial charge in [-0.2, -0.15) is 0 Å². The van der Waals surface area contributed by atoms with Gasteiger partial charge in [-0.25, -0.2) is 9.97 Å². The number of imidazole rings is 1. The van der Waals surface area contributed by atoms with E-state index in [0.717, 1.165) is 11.0 Å². The zero-order chi connectivity index (χ0) is 17.9. The van der Waals surface area contributed by atoms with E-state index < -0.39 is 0 Å². The second kappa shape index (κ2) is 7.13. The minimum absolute atomic E-state index is 0.140. The van der Waals surface area contributed by atoms with Crippen molar-refractivity contribution in [3.05, 3.63) is 54.5 Å². The molecule has 134 valence electrons. The van der Waals surface area contributed by atoms with E-state index in [1.165, 1.54) is 0 Å². The summed E-state index contributed by atoms with van der Waals surface area (Å²) in [5, 5.41) is 3.07. The van der Waals surface area contributed by atoms with Crippen LogP contribution < -0.4 is 10.1 Å². The molecule has 1 aliphatic heterocycles. The highest BCUT2D eigenvalue weighted by atomic mass is 16.5. The van der Waals surface area contributed by atoms with E-state index in [0.29, 0.717) is 31.1 Å². The molecular formula is C19H20N4O3. The van der Waals surface area contributed by atoms with Crippen molar-refractivity contribution in [2.24, 2.45) is 7.05 Å². The van der Waals surface area contributed by atoms with E-state index >= 15 is 0 Å². The van der Waals surface area contributed by atoms with E-state index in [9.17, 15) is 4.79 Å². The Morgan fingerprint density at radius 2 is 2.23 bits per heavy atom. The SMILES string of the molecule is Cn1cnc2cc(C(=O)N[C@@H]3CCOC[C@H]3Oc3ccccn3)ccc21. The summed E-state index contributed by atoms with van der Waals surface area (Å²) in [5.74, 6) is 0.385. The molecule has 2 aromatic heterocycles. The summed E-state index contributed by atoms with van der Waals surface area (Å²) in [7, 11) is 1.93. The molecule has 0 unspecified atom stereocenters. The van der Waals surface area contributed by atoms with Crippen molar-refractivity contribution in [1.29, 1.82) is 0 Å². The molecule has 7 nitrogen and oxygen atoms in total. The van der Waals surface area contributed by atoms with Crippen LogP contribution in [0.3, 0.4) is 0 Å². The van der Waals surface area contributed by atoms with Crippen LogP contribution in [0.2, 0.25) is 0 Å². The van der Waals surface area contributed by atoms with Crippen molar-refractivity contribution in [1.82, 2.24) is 19.9 Å². The molecule has 1 aromatic carbocycles. The number of nitrogens with one attached hydrogen (secondary N) is 1. The van der Waals surface area contributed by atoms with Gasteiger partial charge in [-0.05, 0) is 30.7 Å². The molecule has 0 spiro atoms. The molecule has 2 atom stereocenters. The third-order valence-corrected chi connectivity index (χ3v) is 4.52. The summed E-state index contributed by atoms with van der Waals surface area (Å²) in [5.41, 5.74) is 2.37. The Morgan fingerprint density at radius 3 is 3.08 bits per heavy atom. The van der Waals surface area contributed by atoms with Crippen LogP contribution in [0.5, 0.6) is 5.88 Å². The fraction of sp³-hybridized carbons (Fsp3) is 0.316. The third kappa shape index (κ3) is 3.39.